The Kier molecular flexibility index (Phi) is 2.96. The lowest BCUT2D eigenvalue weighted by Gasteiger charge is -2.51. The van der Waals surface area contributed by atoms with Crippen LogP contribution in [0.2, 0.25) is 0 Å². The molecule has 86 valence electrons. The van der Waals surface area contributed by atoms with E-state index in [-0.39, 0.29) is 0 Å². The molecule has 0 heteroatoms. The average molecular weight is 206 g/mol. The van der Waals surface area contributed by atoms with Crippen LogP contribution in [0.1, 0.15) is 59.3 Å². The summed E-state index contributed by atoms with van der Waals surface area (Å²) in [5.41, 5.74) is 2.10. The predicted molar refractivity (Wildman–Crippen MR) is 66.8 cm³/mol. The Balaban J connectivity index is 2.12. The molecule has 0 bridgehead atoms. The summed E-state index contributed by atoms with van der Waals surface area (Å²) >= 11 is 0. The maximum atomic E-state index is 4.16. The Labute approximate surface area is 95.1 Å². The molecule has 0 aliphatic heterocycles. The van der Waals surface area contributed by atoms with Gasteiger partial charge in [-0.1, -0.05) is 38.8 Å². The average Bonchev–Trinajstić information content (AvgIpc) is 2.17. The normalized spacial score (nSPS) is 45.9. The van der Waals surface area contributed by atoms with Crippen molar-refractivity contribution in [3.8, 4) is 0 Å². The molecule has 15 heavy (non-hydrogen) atoms. The molecule has 0 saturated heterocycles. The first-order valence-corrected chi connectivity index (χ1v) is 6.68. The van der Waals surface area contributed by atoms with Crippen LogP contribution in [0.5, 0.6) is 0 Å². The van der Waals surface area contributed by atoms with Gasteiger partial charge in [0, 0.05) is 0 Å². The van der Waals surface area contributed by atoms with Gasteiger partial charge < -0.3 is 0 Å². The molecule has 2 aliphatic carbocycles. The van der Waals surface area contributed by atoms with E-state index in [0.29, 0.717) is 5.41 Å². The first kappa shape index (κ1) is 11.2. The minimum atomic E-state index is 0.670. The van der Waals surface area contributed by atoms with E-state index in [1.165, 1.54) is 44.1 Å². The molecule has 0 nitrogen and oxygen atoms in total. The highest BCUT2D eigenvalue weighted by molar-refractivity contribution is 5.04. The van der Waals surface area contributed by atoms with Crippen molar-refractivity contribution in [2.75, 3.05) is 0 Å². The number of fused-ring (bicyclic) bond motifs is 1. The number of allylic oxidation sites excluding steroid dienone is 1. The van der Waals surface area contributed by atoms with Gasteiger partial charge in [0.2, 0.25) is 0 Å². The van der Waals surface area contributed by atoms with Gasteiger partial charge in [-0.3, -0.25) is 0 Å². The van der Waals surface area contributed by atoms with E-state index < -0.39 is 0 Å². The molecule has 0 aromatic rings. The van der Waals surface area contributed by atoms with Crippen LogP contribution in [0.15, 0.2) is 12.2 Å². The van der Waals surface area contributed by atoms with Gasteiger partial charge in [0.25, 0.3) is 0 Å². The zero-order valence-electron chi connectivity index (χ0n) is 10.7. The van der Waals surface area contributed by atoms with Gasteiger partial charge in [0.05, 0.1) is 0 Å². The molecule has 2 saturated carbocycles. The monoisotopic (exact) mass is 206 g/mol. The molecule has 0 N–H and O–H groups in total. The van der Waals surface area contributed by atoms with Crippen molar-refractivity contribution in [1.29, 1.82) is 0 Å². The molecule has 0 amide bonds. The highest BCUT2D eigenvalue weighted by Gasteiger charge is 2.44. The van der Waals surface area contributed by atoms with Crippen LogP contribution >= 0.6 is 0 Å². The standard InChI is InChI=1S/C15H26/c1-11(2)13-7-9-15(4)8-5-6-12(3)14(15)10-13/h12-14H,1,5-10H2,2-4H3/t12?,13-,14-,15+/m0/s1. The molecular weight excluding hydrogens is 180 g/mol. The van der Waals surface area contributed by atoms with Crippen molar-refractivity contribution in [2.24, 2.45) is 23.2 Å². The first-order chi connectivity index (χ1) is 7.03. The van der Waals surface area contributed by atoms with Crippen LogP contribution in [-0.2, 0) is 0 Å². The quantitative estimate of drug-likeness (QED) is 0.540. The third-order valence-electron chi connectivity index (χ3n) is 5.29. The lowest BCUT2D eigenvalue weighted by Crippen LogP contribution is -2.41. The van der Waals surface area contributed by atoms with Gasteiger partial charge in [-0.15, -0.1) is 0 Å². The van der Waals surface area contributed by atoms with Crippen LogP contribution in [-0.4, -0.2) is 0 Å². The number of hydrogen-bond donors (Lipinski definition) is 0. The van der Waals surface area contributed by atoms with Gasteiger partial charge in [-0.25, -0.2) is 0 Å². The first-order valence-electron chi connectivity index (χ1n) is 6.68. The predicted octanol–water partition coefficient (Wildman–Crippen LogP) is 4.81. The molecule has 0 heterocycles. The molecular formula is C15H26. The molecule has 0 aromatic carbocycles. The summed E-state index contributed by atoms with van der Waals surface area (Å²) in [6.45, 7) is 11.4. The van der Waals surface area contributed by atoms with Crippen molar-refractivity contribution in [1.82, 2.24) is 0 Å². The SMILES string of the molecule is C=C(C)[C@H]1CC[C@@]2(C)CCCC(C)[C@@H]2C1. The third-order valence-corrected chi connectivity index (χ3v) is 5.29. The minimum absolute atomic E-state index is 0.670. The van der Waals surface area contributed by atoms with Gasteiger partial charge >= 0.3 is 0 Å². The Morgan fingerprint density at radius 1 is 1.27 bits per heavy atom. The zero-order valence-corrected chi connectivity index (χ0v) is 10.7. The zero-order chi connectivity index (χ0) is 11.1. The Hall–Kier alpha value is -0.260. The summed E-state index contributed by atoms with van der Waals surface area (Å²) in [6.07, 6.45) is 8.67. The summed E-state index contributed by atoms with van der Waals surface area (Å²) in [6, 6.07) is 0. The fourth-order valence-electron chi connectivity index (χ4n) is 4.10. The van der Waals surface area contributed by atoms with Gasteiger partial charge in [0.1, 0.15) is 0 Å². The Morgan fingerprint density at radius 2 is 2.00 bits per heavy atom. The molecule has 0 radical (unpaired) electrons. The van der Waals surface area contributed by atoms with E-state index in [0.717, 1.165) is 17.8 Å². The van der Waals surface area contributed by atoms with Crippen LogP contribution in [0, 0.1) is 23.2 Å². The second-order valence-electron chi connectivity index (χ2n) is 6.45. The summed E-state index contributed by atoms with van der Waals surface area (Å²) in [7, 11) is 0. The highest BCUT2D eigenvalue weighted by Crippen LogP contribution is 2.54. The molecule has 0 spiro atoms. The van der Waals surface area contributed by atoms with E-state index in [2.05, 4.69) is 27.4 Å². The molecule has 2 rings (SSSR count). The lowest BCUT2D eigenvalue weighted by atomic mass is 9.54. The smallest absolute Gasteiger partial charge is 0.0206 e. The Morgan fingerprint density at radius 3 is 2.67 bits per heavy atom. The molecule has 0 aromatic heterocycles. The van der Waals surface area contributed by atoms with E-state index in [4.69, 9.17) is 0 Å². The van der Waals surface area contributed by atoms with Crippen molar-refractivity contribution in [3.05, 3.63) is 12.2 Å². The largest absolute Gasteiger partial charge is 0.0999 e. The maximum Gasteiger partial charge on any atom is -0.0206 e. The van der Waals surface area contributed by atoms with E-state index in [9.17, 15) is 0 Å². The van der Waals surface area contributed by atoms with Crippen molar-refractivity contribution < 1.29 is 0 Å². The van der Waals surface area contributed by atoms with Crippen molar-refractivity contribution in [3.63, 3.8) is 0 Å². The third kappa shape index (κ3) is 2.00. The van der Waals surface area contributed by atoms with Gasteiger partial charge in [-0.2, -0.15) is 0 Å². The fraction of sp³-hybridized carbons (Fsp3) is 0.867. The second-order valence-corrected chi connectivity index (χ2v) is 6.45. The molecule has 4 atom stereocenters. The Bertz CT molecular complexity index is 253. The van der Waals surface area contributed by atoms with Crippen LogP contribution in [0.4, 0.5) is 0 Å². The minimum Gasteiger partial charge on any atom is -0.0999 e. The summed E-state index contributed by atoms with van der Waals surface area (Å²) in [5, 5.41) is 0. The highest BCUT2D eigenvalue weighted by atomic mass is 14.5. The van der Waals surface area contributed by atoms with Gasteiger partial charge in [0.15, 0.2) is 0 Å². The second kappa shape index (κ2) is 3.96. The van der Waals surface area contributed by atoms with Crippen molar-refractivity contribution in [2.45, 2.75) is 59.3 Å². The number of hydrogen-bond acceptors (Lipinski definition) is 0. The topological polar surface area (TPSA) is 0 Å². The van der Waals surface area contributed by atoms with E-state index >= 15 is 0 Å². The van der Waals surface area contributed by atoms with Crippen molar-refractivity contribution >= 4 is 0 Å². The van der Waals surface area contributed by atoms with Gasteiger partial charge in [-0.05, 0) is 55.8 Å². The number of rotatable bonds is 1. The van der Waals surface area contributed by atoms with Crippen LogP contribution in [0.25, 0.3) is 0 Å². The van der Waals surface area contributed by atoms with Crippen LogP contribution in [0.3, 0.4) is 0 Å². The summed E-state index contributed by atoms with van der Waals surface area (Å²) in [5.74, 6) is 2.75. The molecule has 2 aliphatic rings. The van der Waals surface area contributed by atoms with Crippen LogP contribution < -0.4 is 0 Å². The maximum absolute atomic E-state index is 4.16. The summed E-state index contributed by atoms with van der Waals surface area (Å²) in [4.78, 5) is 0. The van der Waals surface area contributed by atoms with E-state index in [1.807, 2.05) is 0 Å². The summed E-state index contributed by atoms with van der Waals surface area (Å²) < 4.78 is 0. The molecule has 2 fully saturated rings. The van der Waals surface area contributed by atoms with E-state index in [1.54, 1.807) is 0 Å². The fourth-order valence-corrected chi connectivity index (χ4v) is 4.10. The lowest BCUT2D eigenvalue weighted by molar-refractivity contribution is 0.00732. The molecule has 1 unspecified atom stereocenters.